The summed E-state index contributed by atoms with van der Waals surface area (Å²) in [6.45, 7) is 6.11. The van der Waals surface area contributed by atoms with Crippen LogP contribution in [0.15, 0.2) is 12.1 Å². The molecule has 1 aromatic rings. The third kappa shape index (κ3) is 5.51. The van der Waals surface area contributed by atoms with Gasteiger partial charge in [-0.2, -0.15) is 0 Å². The molecule has 10 heteroatoms. The summed E-state index contributed by atoms with van der Waals surface area (Å²) in [4.78, 5) is 2.57. The van der Waals surface area contributed by atoms with Gasteiger partial charge >= 0.3 is 0 Å². The standard InChI is InChI=1S/C31H47NO9/c33-10-11-36-12-13-37-14-15-38-16-17-39-18-19-40-25-6-7-31(35)26-20-23-4-5-24(34)28-27(23)30(31,29(25)41-28)8-9-32(26)21-22-2-1-3-22/h4-5,22,25-26,29,33-35H,1-3,6-21H2/t25-,26+,29?,30-,31+/m0/s1. The number of rotatable bonds is 17. The van der Waals surface area contributed by atoms with Gasteiger partial charge in [-0.1, -0.05) is 12.5 Å². The Kier molecular flexibility index (Phi) is 9.38. The molecule has 41 heavy (non-hydrogen) atoms. The van der Waals surface area contributed by atoms with Crippen molar-refractivity contribution < 1.29 is 43.7 Å². The molecule has 2 aliphatic heterocycles. The van der Waals surface area contributed by atoms with E-state index in [1.807, 2.05) is 6.07 Å². The van der Waals surface area contributed by atoms with E-state index < -0.39 is 11.0 Å². The smallest absolute Gasteiger partial charge is 0.165 e. The normalized spacial score (nSPS) is 32.0. The summed E-state index contributed by atoms with van der Waals surface area (Å²) in [5.41, 5.74) is 0.793. The fraction of sp³-hybridized carbons (Fsp3) is 0.806. The van der Waals surface area contributed by atoms with Crippen LogP contribution >= 0.6 is 0 Å². The first-order valence-electron chi connectivity index (χ1n) is 15.6. The first-order chi connectivity index (χ1) is 20.1. The van der Waals surface area contributed by atoms with Crippen LogP contribution in [0.1, 0.15) is 49.7 Å². The Balaban J connectivity index is 1.00. The number of phenols is 1. The van der Waals surface area contributed by atoms with Gasteiger partial charge in [0.05, 0.1) is 83.2 Å². The minimum Gasteiger partial charge on any atom is -0.504 e. The van der Waals surface area contributed by atoms with Crippen molar-refractivity contribution in [1.29, 1.82) is 0 Å². The summed E-state index contributed by atoms with van der Waals surface area (Å²) in [5, 5.41) is 32.0. The van der Waals surface area contributed by atoms with Crippen molar-refractivity contribution in [2.45, 2.75) is 74.2 Å². The highest BCUT2D eigenvalue weighted by Gasteiger charge is 2.73. The van der Waals surface area contributed by atoms with Gasteiger partial charge < -0.3 is 43.7 Å². The lowest BCUT2D eigenvalue weighted by atomic mass is 9.48. The summed E-state index contributed by atoms with van der Waals surface area (Å²) in [6.07, 6.45) is 6.43. The van der Waals surface area contributed by atoms with Crippen molar-refractivity contribution >= 4 is 0 Å². The number of benzene rings is 1. The number of phenolic OH excluding ortho intramolecular Hbond substituents is 1. The average molecular weight is 578 g/mol. The molecule has 1 saturated heterocycles. The highest BCUT2D eigenvalue weighted by atomic mass is 16.6. The Morgan fingerprint density at radius 2 is 1.56 bits per heavy atom. The average Bonchev–Trinajstić information content (AvgIpc) is 3.30. The summed E-state index contributed by atoms with van der Waals surface area (Å²) >= 11 is 0. The molecule has 2 bridgehead atoms. The first kappa shape index (κ1) is 29.6. The van der Waals surface area contributed by atoms with E-state index in [4.69, 9.17) is 33.5 Å². The van der Waals surface area contributed by atoms with Crippen LogP contribution in [0.2, 0.25) is 0 Å². The van der Waals surface area contributed by atoms with E-state index in [-0.39, 0.29) is 30.6 Å². The van der Waals surface area contributed by atoms with E-state index >= 15 is 0 Å². The molecule has 2 heterocycles. The highest BCUT2D eigenvalue weighted by Crippen LogP contribution is 2.65. The summed E-state index contributed by atoms with van der Waals surface area (Å²) in [6, 6.07) is 3.87. The maximum atomic E-state index is 12.6. The molecule has 2 saturated carbocycles. The van der Waals surface area contributed by atoms with Gasteiger partial charge in [-0.15, -0.1) is 0 Å². The zero-order chi connectivity index (χ0) is 28.3. The fourth-order valence-electron chi connectivity index (χ4n) is 8.07. The number of nitrogens with zero attached hydrogens (tertiary/aromatic N) is 1. The minimum absolute atomic E-state index is 0.0204. The number of likely N-dealkylation sites (tertiary alicyclic amines) is 1. The second kappa shape index (κ2) is 13.0. The molecule has 1 unspecified atom stereocenters. The second-order valence-electron chi connectivity index (χ2n) is 12.3. The van der Waals surface area contributed by atoms with E-state index in [2.05, 4.69) is 4.90 Å². The molecule has 0 radical (unpaired) electrons. The van der Waals surface area contributed by atoms with Crippen LogP contribution < -0.4 is 4.74 Å². The molecular weight excluding hydrogens is 530 g/mol. The lowest BCUT2D eigenvalue weighted by molar-refractivity contribution is -0.218. The molecule has 1 aromatic carbocycles. The van der Waals surface area contributed by atoms with Crippen molar-refractivity contribution in [1.82, 2.24) is 4.90 Å². The van der Waals surface area contributed by atoms with Crippen molar-refractivity contribution in [3.63, 3.8) is 0 Å². The van der Waals surface area contributed by atoms with Gasteiger partial charge in [0.25, 0.3) is 0 Å². The molecule has 6 rings (SSSR count). The zero-order valence-corrected chi connectivity index (χ0v) is 24.1. The number of piperidine rings is 1. The molecule has 0 amide bonds. The van der Waals surface area contributed by atoms with E-state index in [9.17, 15) is 10.2 Å². The lowest BCUT2D eigenvalue weighted by Gasteiger charge is -2.64. The van der Waals surface area contributed by atoms with Crippen molar-refractivity contribution in [3.8, 4) is 11.5 Å². The van der Waals surface area contributed by atoms with Crippen molar-refractivity contribution in [2.75, 3.05) is 79.2 Å². The molecule has 10 nitrogen and oxygen atoms in total. The molecule has 230 valence electrons. The van der Waals surface area contributed by atoms with Crippen LogP contribution in [0.5, 0.6) is 11.5 Å². The maximum Gasteiger partial charge on any atom is 0.165 e. The number of aromatic hydroxyl groups is 1. The maximum absolute atomic E-state index is 12.6. The minimum atomic E-state index is -0.893. The number of ether oxygens (including phenoxy) is 6. The fourth-order valence-corrected chi connectivity index (χ4v) is 8.07. The van der Waals surface area contributed by atoms with E-state index in [0.717, 1.165) is 43.8 Å². The van der Waals surface area contributed by atoms with Crippen LogP contribution in [0.3, 0.4) is 0 Å². The Hall–Kier alpha value is -1.50. The quantitative estimate of drug-likeness (QED) is 0.237. The van der Waals surface area contributed by atoms with E-state index in [1.54, 1.807) is 6.07 Å². The summed E-state index contributed by atoms with van der Waals surface area (Å²) in [5.74, 6) is 1.47. The van der Waals surface area contributed by atoms with Gasteiger partial charge in [0.15, 0.2) is 11.5 Å². The molecule has 3 aliphatic carbocycles. The van der Waals surface area contributed by atoms with Crippen molar-refractivity contribution in [3.05, 3.63) is 23.3 Å². The first-order valence-corrected chi connectivity index (χ1v) is 15.6. The Labute approximate surface area is 242 Å². The van der Waals surface area contributed by atoms with Crippen LogP contribution in [-0.4, -0.2) is 123 Å². The number of hydrogen-bond acceptors (Lipinski definition) is 10. The summed E-state index contributed by atoms with van der Waals surface area (Å²) < 4.78 is 34.8. The number of aliphatic hydroxyl groups is 2. The van der Waals surface area contributed by atoms with Crippen LogP contribution in [0.4, 0.5) is 0 Å². The summed E-state index contributed by atoms with van der Waals surface area (Å²) in [7, 11) is 0. The molecule has 5 atom stereocenters. The molecule has 5 aliphatic rings. The Morgan fingerprint density at radius 3 is 2.22 bits per heavy atom. The van der Waals surface area contributed by atoms with E-state index in [0.29, 0.717) is 71.6 Å². The topological polar surface area (TPSA) is 119 Å². The van der Waals surface area contributed by atoms with Gasteiger partial charge in [-0.3, -0.25) is 4.90 Å². The largest absolute Gasteiger partial charge is 0.504 e. The molecule has 3 N–H and O–H groups in total. The van der Waals surface area contributed by atoms with Crippen molar-refractivity contribution in [2.24, 2.45) is 5.92 Å². The SMILES string of the molecule is OCCOCCOCCOCCOCCO[C@H]1CC[C@@]2(O)[C@H]3Cc4ccc(O)c5c4[C@@]2(CCN3CC2CCC2)C1O5. The predicted molar refractivity (Wildman–Crippen MR) is 150 cm³/mol. The van der Waals surface area contributed by atoms with Crippen LogP contribution in [0.25, 0.3) is 0 Å². The molecule has 3 fully saturated rings. The number of aliphatic hydroxyl groups excluding tert-OH is 1. The van der Waals surface area contributed by atoms with E-state index in [1.165, 1.54) is 24.8 Å². The molecular formula is C31H47NO9. The second-order valence-corrected chi connectivity index (χ2v) is 12.3. The van der Waals surface area contributed by atoms with Gasteiger partial charge in [-0.05, 0) is 62.6 Å². The van der Waals surface area contributed by atoms with Gasteiger partial charge in [0.2, 0.25) is 0 Å². The Bertz CT molecular complexity index is 1020. The monoisotopic (exact) mass is 577 g/mol. The molecule has 0 aromatic heterocycles. The van der Waals surface area contributed by atoms with Gasteiger partial charge in [0, 0.05) is 18.2 Å². The van der Waals surface area contributed by atoms with Crippen LogP contribution in [0, 0.1) is 5.92 Å². The Morgan fingerprint density at radius 1 is 0.878 bits per heavy atom. The van der Waals surface area contributed by atoms with Crippen LogP contribution in [-0.2, 0) is 35.5 Å². The van der Waals surface area contributed by atoms with Gasteiger partial charge in [-0.25, -0.2) is 0 Å². The van der Waals surface area contributed by atoms with Gasteiger partial charge in [0.1, 0.15) is 6.10 Å². The zero-order valence-electron chi connectivity index (χ0n) is 24.1. The highest BCUT2D eigenvalue weighted by molar-refractivity contribution is 5.62. The molecule has 1 spiro atoms. The third-order valence-electron chi connectivity index (χ3n) is 10.1. The third-order valence-corrected chi connectivity index (χ3v) is 10.1. The lowest BCUT2D eigenvalue weighted by Crippen LogP contribution is -2.77. The predicted octanol–water partition coefficient (Wildman–Crippen LogP) is 1.79. The number of hydrogen-bond donors (Lipinski definition) is 3.